The van der Waals surface area contributed by atoms with Crippen LogP contribution in [-0.2, 0) is 0 Å². The maximum Gasteiger partial charge on any atom is 0.573 e. The van der Waals surface area contributed by atoms with Crippen molar-refractivity contribution in [3.05, 3.63) is 29.3 Å². The molecule has 0 fully saturated rings. The summed E-state index contributed by atoms with van der Waals surface area (Å²) >= 11 is 0. The summed E-state index contributed by atoms with van der Waals surface area (Å²) in [4.78, 5) is 21.3. The van der Waals surface area contributed by atoms with Gasteiger partial charge in [-0.3, -0.25) is 9.59 Å². The number of nitrogens with two attached hydrogens (primary N) is 1. The minimum absolute atomic E-state index is 0.0953. The minimum atomic E-state index is -4.86. The number of amides is 1. The highest BCUT2D eigenvalue weighted by Gasteiger charge is 2.31. The molecular formula is C9H6F3NO3. The summed E-state index contributed by atoms with van der Waals surface area (Å²) in [6.45, 7) is 0. The van der Waals surface area contributed by atoms with Crippen molar-refractivity contribution < 1.29 is 27.5 Å². The van der Waals surface area contributed by atoms with Crippen LogP contribution >= 0.6 is 0 Å². The minimum Gasteiger partial charge on any atom is -0.406 e. The molecule has 1 aromatic carbocycles. The van der Waals surface area contributed by atoms with Crippen LogP contribution in [0.4, 0.5) is 13.2 Å². The van der Waals surface area contributed by atoms with Crippen molar-refractivity contribution >= 4 is 12.2 Å². The van der Waals surface area contributed by atoms with E-state index in [1.54, 1.807) is 0 Å². The number of benzene rings is 1. The van der Waals surface area contributed by atoms with E-state index in [2.05, 4.69) is 4.74 Å². The van der Waals surface area contributed by atoms with Crippen LogP contribution in [0.25, 0.3) is 0 Å². The summed E-state index contributed by atoms with van der Waals surface area (Å²) in [5, 5.41) is 0. The first-order valence-electron chi connectivity index (χ1n) is 3.98. The second kappa shape index (κ2) is 4.21. The van der Waals surface area contributed by atoms with Gasteiger partial charge in [0.05, 0.1) is 5.56 Å². The third-order valence-corrected chi connectivity index (χ3v) is 1.65. The summed E-state index contributed by atoms with van der Waals surface area (Å²) in [5.41, 5.74) is 4.47. The number of primary amides is 1. The molecule has 1 rings (SSSR count). The van der Waals surface area contributed by atoms with E-state index in [9.17, 15) is 22.8 Å². The van der Waals surface area contributed by atoms with Crippen molar-refractivity contribution in [3.63, 3.8) is 0 Å². The standard InChI is InChI=1S/C9H6F3NO3/c10-9(11,12)16-6-2-1-5(4-14)7(3-6)8(13)15/h1-4H,(H2,13,15). The van der Waals surface area contributed by atoms with E-state index in [0.29, 0.717) is 6.29 Å². The lowest BCUT2D eigenvalue weighted by Crippen LogP contribution is -2.19. The maximum absolute atomic E-state index is 11.8. The molecule has 16 heavy (non-hydrogen) atoms. The number of rotatable bonds is 3. The fraction of sp³-hybridized carbons (Fsp3) is 0.111. The number of halogens is 3. The highest BCUT2D eigenvalue weighted by atomic mass is 19.4. The van der Waals surface area contributed by atoms with Crippen molar-refractivity contribution in [3.8, 4) is 5.75 Å². The lowest BCUT2D eigenvalue weighted by atomic mass is 10.1. The molecule has 0 heterocycles. The first-order valence-corrected chi connectivity index (χ1v) is 3.98. The second-order valence-corrected chi connectivity index (χ2v) is 2.78. The van der Waals surface area contributed by atoms with Crippen LogP contribution in [0.3, 0.4) is 0 Å². The SMILES string of the molecule is NC(=O)c1cc(OC(F)(F)F)ccc1C=O. The molecule has 86 valence electrons. The summed E-state index contributed by atoms with van der Waals surface area (Å²) in [6.07, 6.45) is -4.55. The van der Waals surface area contributed by atoms with Gasteiger partial charge >= 0.3 is 6.36 Å². The van der Waals surface area contributed by atoms with Gasteiger partial charge in [0.1, 0.15) is 5.75 Å². The van der Waals surface area contributed by atoms with E-state index in [4.69, 9.17) is 5.73 Å². The molecule has 4 nitrogen and oxygen atoms in total. The Morgan fingerprint density at radius 1 is 1.38 bits per heavy atom. The average molecular weight is 233 g/mol. The Morgan fingerprint density at radius 3 is 2.44 bits per heavy atom. The van der Waals surface area contributed by atoms with Crippen molar-refractivity contribution in [2.75, 3.05) is 0 Å². The van der Waals surface area contributed by atoms with Crippen molar-refractivity contribution in [2.45, 2.75) is 6.36 Å². The Bertz CT molecular complexity index is 428. The molecule has 0 saturated heterocycles. The smallest absolute Gasteiger partial charge is 0.406 e. The number of hydrogen-bond donors (Lipinski definition) is 1. The lowest BCUT2D eigenvalue weighted by Gasteiger charge is -2.10. The van der Waals surface area contributed by atoms with E-state index in [0.717, 1.165) is 18.2 Å². The Kier molecular flexibility index (Phi) is 3.17. The molecule has 0 radical (unpaired) electrons. The summed E-state index contributed by atoms with van der Waals surface area (Å²) in [5.74, 6) is -1.61. The topological polar surface area (TPSA) is 69.4 Å². The molecule has 0 bridgehead atoms. The molecule has 0 aromatic heterocycles. The lowest BCUT2D eigenvalue weighted by molar-refractivity contribution is -0.274. The van der Waals surface area contributed by atoms with Gasteiger partial charge in [-0.25, -0.2) is 0 Å². The summed E-state index contributed by atoms with van der Waals surface area (Å²) in [6, 6.07) is 2.71. The highest BCUT2D eigenvalue weighted by Crippen LogP contribution is 2.24. The number of aldehydes is 1. The number of carbonyl (C=O) groups excluding carboxylic acids is 2. The van der Waals surface area contributed by atoms with Gasteiger partial charge in [0.15, 0.2) is 6.29 Å². The second-order valence-electron chi connectivity index (χ2n) is 2.78. The zero-order valence-electron chi connectivity index (χ0n) is 7.75. The van der Waals surface area contributed by atoms with E-state index in [-0.39, 0.29) is 11.1 Å². The number of hydrogen-bond acceptors (Lipinski definition) is 3. The molecule has 7 heteroatoms. The Balaban J connectivity index is 3.12. The van der Waals surface area contributed by atoms with Gasteiger partial charge in [0.2, 0.25) is 5.91 Å². The Morgan fingerprint density at radius 2 is 2.00 bits per heavy atom. The van der Waals surface area contributed by atoms with Gasteiger partial charge in [0, 0.05) is 5.56 Å². The normalized spacial score (nSPS) is 10.9. The first-order chi connectivity index (χ1) is 7.33. The summed E-state index contributed by atoms with van der Waals surface area (Å²) < 4.78 is 39.1. The van der Waals surface area contributed by atoms with Gasteiger partial charge in [-0.05, 0) is 18.2 Å². The Labute approximate surface area is 87.8 Å². The third kappa shape index (κ3) is 2.97. The average Bonchev–Trinajstić information content (AvgIpc) is 2.15. The molecule has 0 unspecified atom stereocenters. The number of ether oxygens (including phenoxy) is 1. The van der Waals surface area contributed by atoms with Crippen LogP contribution in [0.5, 0.6) is 5.75 Å². The fourth-order valence-corrected chi connectivity index (χ4v) is 1.05. The first kappa shape index (κ1) is 12.0. The zero-order chi connectivity index (χ0) is 12.3. The molecule has 0 saturated carbocycles. The molecule has 0 aliphatic carbocycles. The van der Waals surface area contributed by atoms with Crippen molar-refractivity contribution in [1.29, 1.82) is 0 Å². The van der Waals surface area contributed by atoms with Crippen LogP contribution < -0.4 is 10.5 Å². The molecule has 0 atom stereocenters. The molecule has 1 aromatic rings. The zero-order valence-corrected chi connectivity index (χ0v) is 7.75. The fourth-order valence-electron chi connectivity index (χ4n) is 1.05. The van der Waals surface area contributed by atoms with E-state index in [1.165, 1.54) is 0 Å². The van der Waals surface area contributed by atoms with Crippen molar-refractivity contribution in [1.82, 2.24) is 0 Å². The van der Waals surface area contributed by atoms with Gasteiger partial charge in [-0.2, -0.15) is 0 Å². The predicted molar refractivity (Wildman–Crippen MR) is 47.0 cm³/mol. The molecule has 0 spiro atoms. The van der Waals surface area contributed by atoms with Crippen LogP contribution in [-0.4, -0.2) is 18.6 Å². The van der Waals surface area contributed by atoms with Crippen LogP contribution in [0.2, 0.25) is 0 Å². The molecule has 2 N–H and O–H groups in total. The number of carbonyl (C=O) groups is 2. The van der Waals surface area contributed by atoms with Gasteiger partial charge < -0.3 is 10.5 Å². The summed E-state index contributed by atoms with van der Waals surface area (Å²) in [7, 11) is 0. The van der Waals surface area contributed by atoms with Gasteiger partial charge in [0.25, 0.3) is 0 Å². The Hall–Kier alpha value is -2.05. The quantitative estimate of drug-likeness (QED) is 0.804. The van der Waals surface area contributed by atoms with E-state index >= 15 is 0 Å². The monoisotopic (exact) mass is 233 g/mol. The highest BCUT2D eigenvalue weighted by molar-refractivity contribution is 6.00. The molecule has 0 aliphatic rings. The maximum atomic E-state index is 11.8. The van der Waals surface area contributed by atoms with Crippen LogP contribution in [0.15, 0.2) is 18.2 Å². The third-order valence-electron chi connectivity index (χ3n) is 1.65. The van der Waals surface area contributed by atoms with Crippen molar-refractivity contribution in [2.24, 2.45) is 5.73 Å². The molecule has 0 aliphatic heterocycles. The van der Waals surface area contributed by atoms with E-state index in [1.807, 2.05) is 0 Å². The van der Waals surface area contributed by atoms with E-state index < -0.39 is 18.0 Å². The molecular weight excluding hydrogens is 227 g/mol. The van der Waals surface area contributed by atoms with Crippen LogP contribution in [0, 0.1) is 0 Å². The van der Waals surface area contributed by atoms with Gasteiger partial charge in [-0.1, -0.05) is 0 Å². The molecule has 1 amide bonds. The van der Waals surface area contributed by atoms with Gasteiger partial charge in [-0.15, -0.1) is 13.2 Å². The predicted octanol–water partition coefficient (Wildman–Crippen LogP) is 1.50. The largest absolute Gasteiger partial charge is 0.573 e. The number of alkyl halides is 3. The van der Waals surface area contributed by atoms with Crippen LogP contribution in [0.1, 0.15) is 20.7 Å².